The second-order valence-corrected chi connectivity index (χ2v) is 6.91. The number of hydrogen-bond acceptors (Lipinski definition) is 4. The molecule has 3 rings (SSSR count). The minimum absolute atomic E-state index is 0.117. The van der Waals surface area contributed by atoms with Crippen molar-refractivity contribution in [1.29, 1.82) is 0 Å². The molecule has 2 aromatic rings. The van der Waals surface area contributed by atoms with E-state index in [-0.39, 0.29) is 11.4 Å². The van der Waals surface area contributed by atoms with Gasteiger partial charge >= 0.3 is 0 Å². The van der Waals surface area contributed by atoms with Crippen molar-refractivity contribution in [2.45, 2.75) is 42.2 Å². The summed E-state index contributed by atoms with van der Waals surface area (Å²) in [5.74, 6) is 0. The quantitative estimate of drug-likeness (QED) is 0.850. The number of benzene rings is 1. The first-order chi connectivity index (χ1) is 9.67. The van der Waals surface area contributed by atoms with E-state index in [1.54, 1.807) is 13.2 Å². The lowest BCUT2D eigenvalue weighted by Crippen LogP contribution is -2.29. The van der Waals surface area contributed by atoms with Crippen LogP contribution in [0.25, 0.3) is 11.0 Å². The Morgan fingerprint density at radius 3 is 3.10 bits per heavy atom. The minimum Gasteiger partial charge on any atom is -0.399 e. The molecular formula is C14H19N3O2S. The van der Waals surface area contributed by atoms with Gasteiger partial charge in [-0.15, -0.1) is 0 Å². The fraction of sp³-hybridized carbons (Fsp3) is 0.500. The van der Waals surface area contributed by atoms with Gasteiger partial charge < -0.3 is 15.5 Å². The fourth-order valence-corrected chi connectivity index (χ4v) is 4.25. The minimum atomic E-state index is -1.12. The highest BCUT2D eigenvalue weighted by Crippen LogP contribution is 2.27. The molecule has 1 saturated carbocycles. The topological polar surface area (TPSA) is 81.0 Å². The van der Waals surface area contributed by atoms with Gasteiger partial charge in [0.15, 0.2) is 5.16 Å². The molecule has 1 aromatic heterocycles. The molecule has 0 spiro atoms. The van der Waals surface area contributed by atoms with Crippen LogP contribution >= 0.6 is 0 Å². The summed E-state index contributed by atoms with van der Waals surface area (Å²) in [6, 6.07) is 5.47. The number of imidazole rings is 1. The van der Waals surface area contributed by atoms with Crippen molar-refractivity contribution in [3.05, 3.63) is 18.2 Å². The average Bonchev–Trinajstić information content (AvgIpc) is 2.89. The SMILES string of the molecule is COC1CCCC(S(=O)c2nc3ccc(N)cc3[nH]2)C1. The van der Waals surface area contributed by atoms with Gasteiger partial charge in [-0.1, -0.05) is 0 Å². The smallest absolute Gasteiger partial charge is 0.197 e. The van der Waals surface area contributed by atoms with Crippen molar-refractivity contribution >= 4 is 27.5 Å². The Bertz CT molecular complexity index is 640. The lowest BCUT2D eigenvalue weighted by molar-refractivity contribution is 0.0725. The number of nitrogens with two attached hydrogens (primary N) is 1. The number of nitrogen functional groups attached to an aromatic ring is 1. The van der Waals surface area contributed by atoms with Gasteiger partial charge in [0, 0.05) is 18.0 Å². The van der Waals surface area contributed by atoms with Crippen LogP contribution in [-0.2, 0) is 15.5 Å². The molecule has 1 aliphatic carbocycles. The van der Waals surface area contributed by atoms with Crippen molar-refractivity contribution in [3.8, 4) is 0 Å². The van der Waals surface area contributed by atoms with Gasteiger partial charge in [-0.25, -0.2) is 4.98 Å². The van der Waals surface area contributed by atoms with E-state index >= 15 is 0 Å². The Hall–Kier alpha value is -1.40. The molecule has 6 heteroatoms. The molecule has 0 radical (unpaired) electrons. The Kier molecular flexibility index (Phi) is 3.76. The third-order valence-electron chi connectivity index (χ3n) is 3.89. The van der Waals surface area contributed by atoms with Gasteiger partial charge in [0.1, 0.15) is 0 Å². The summed E-state index contributed by atoms with van der Waals surface area (Å²) in [5, 5.41) is 0.666. The van der Waals surface area contributed by atoms with E-state index < -0.39 is 10.8 Å². The number of rotatable bonds is 3. The zero-order valence-corrected chi connectivity index (χ0v) is 12.3. The molecule has 20 heavy (non-hydrogen) atoms. The Morgan fingerprint density at radius 1 is 1.45 bits per heavy atom. The molecule has 3 unspecified atom stereocenters. The first-order valence-corrected chi connectivity index (χ1v) is 8.07. The molecule has 5 nitrogen and oxygen atoms in total. The van der Waals surface area contributed by atoms with Crippen LogP contribution in [0.5, 0.6) is 0 Å². The van der Waals surface area contributed by atoms with Crippen molar-refractivity contribution < 1.29 is 8.95 Å². The summed E-state index contributed by atoms with van der Waals surface area (Å²) in [6.07, 6.45) is 4.13. The monoisotopic (exact) mass is 293 g/mol. The van der Waals surface area contributed by atoms with E-state index in [0.717, 1.165) is 36.7 Å². The van der Waals surface area contributed by atoms with Crippen LogP contribution in [0.1, 0.15) is 25.7 Å². The van der Waals surface area contributed by atoms with E-state index in [1.165, 1.54) is 0 Å². The first kappa shape index (κ1) is 13.6. The van der Waals surface area contributed by atoms with E-state index in [1.807, 2.05) is 12.1 Å². The number of anilines is 1. The maximum Gasteiger partial charge on any atom is 0.197 e. The van der Waals surface area contributed by atoms with Gasteiger partial charge in [-0.3, -0.25) is 4.21 Å². The summed E-state index contributed by atoms with van der Waals surface area (Å²) >= 11 is 0. The lowest BCUT2D eigenvalue weighted by Gasteiger charge is -2.26. The summed E-state index contributed by atoms with van der Waals surface area (Å²) in [4.78, 5) is 7.56. The van der Waals surface area contributed by atoms with Gasteiger partial charge in [-0.2, -0.15) is 0 Å². The second-order valence-electron chi connectivity index (χ2n) is 5.26. The molecule has 0 saturated heterocycles. The lowest BCUT2D eigenvalue weighted by atomic mass is 9.97. The van der Waals surface area contributed by atoms with Crippen molar-refractivity contribution in [3.63, 3.8) is 0 Å². The van der Waals surface area contributed by atoms with E-state index in [2.05, 4.69) is 9.97 Å². The molecular weight excluding hydrogens is 274 g/mol. The summed E-state index contributed by atoms with van der Waals surface area (Å²) in [5.41, 5.74) is 8.07. The van der Waals surface area contributed by atoms with E-state index in [0.29, 0.717) is 10.8 Å². The maximum atomic E-state index is 12.6. The van der Waals surface area contributed by atoms with E-state index in [4.69, 9.17) is 10.5 Å². The molecule has 0 bridgehead atoms. The number of nitrogens with zero attached hydrogens (tertiary/aromatic N) is 1. The van der Waals surface area contributed by atoms with Crippen LogP contribution in [-0.4, -0.2) is 32.6 Å². The molecule has 3 N–H and O–H groups in total. The Balaban J connectivity index is 1.84. The molecule has 1 heterocycles. The third-order valence-corrected chi connectivity index (χ3v) is 5.50. The summed E-state index contributed by atoms with van der Waals surface area (Å²) < 4.78 is 18.0. The molecule has 1 fully saturated rings. The normalized spacial score (nSPS) is 24.9. The Morgan fingerprint density at radius 2 is 2.30 bits per heavy atom. The largest absolute Gasteiger partial charge is 0.399 e. The number of H-pyrrole nitrogens is 1. The summed E-state index contributed by atoms with van der Waals surface area (Å²) in [6.45, 7) is 0. The van der Waals surface area contributed by atoms with Gasteiger partial charge in [0.2, 0.25) is 0 Å². The van der Waals surface area contributed by atoms with Crippen molar-refractivity contribution in [2.24, 2.45) is 0 Å². The second kappa shape index (κ2) is 5.54. The number of fused-ring (bicyclic) bond motifs is 1. The molecule has 108 valence electrons. The number of aromatic nitrogens is 2. The molecule has 0 aliphatic heterocycles. The van der Waals surface area contributed by atoms with Gasteiger partial charge in [0.05, 0.1) is 27.9 Å². The summed E-state index contributed by atoms with van der Waals surface area (Å²) in [7, 11) is 0.603. The number of nitrogens with one attached hydrogen (secondary N) is 1. The highest BCUT2D eigenvalue weighted by atomic mass is 32.2. The van der Waals surface area contributed by atoms with Crippen molar-refractivity contribution in [2.75, 3.05) is 12.8 Å². The third kappa shape index (κ3) is 2.58. The van der Waals surface area contributed by atoms with Crippen LogP contribution in [0.4, 0.5) is 5.69 Å². The number of ether oxygens (including phenoxy) is 1. The highest BCUT2D eigenvalue weighted by Gasteiger charge is 2.28. The molecule has 1 aromatic carbocycles. The number of aromatic amines is 1. The van der Waals surface area contributed by atoms with Crippen LogP contribution < -0.4 is 5.73 Å². The molecule has 1 aliphatic rings. The van der Waals surface area contributed by atoms with Crippen molar-refractivity contribution in [1.82, 2.24) is 9.97 Å². The standard InChI is InChI=1S/C14H19N3O2S/c1-19-10-3-2-4-11(8-10)20(18)14-16-12-6-5-9(15)7-13(12)17-14/h5-7,10-11H,2-4,8,15H2,1H3,(H,16,17). The molecule has 0 amide bonds. The predicted molar refractivity (Wildman–Crippen MR) is 80.0 cm³/mol. The van der Waals surface area contributed by atoms with Crippen LogP contribution in [0.3, 0.4) is 0 Å². The number of methoxy groups -OCH3 is 1. The van der Waals surface area contributed by atoms with Crippen LogP contribution in [0, 0.1) is 0 Å². The number of hydrogen-bond donors (Lipinski definition) is 2. The molecule has 3 atom stereocenters. The zero-order valence-electron chi connectivity index (χ0n) is 11.5. The average molecular weight is 293 g/mol. The van der Waals surface area contributed by atoms with Crippen LogP contribution in [0.2, 0.25) is 0 Å². The first-order valence-electron chi connectivity index (χ1n) is 6.86. The fourth-order valence-electron chi connectivity index (χ4n) is 2.77. The predicted octanol–water partition coefficient (Wildman–Crippen LogP) is 2.21. The van der Waals surface area contributed by atoms with Gasteiger partial charge in [0.25, 0.3) is 0 Å². The van der Waals surface area contributed by atoms with E-state index in [9.17, 15) is 4.21 Å². The Labute approximate surface area is 120 Å². The zero-order chi connectivity index (χ0) is 14.1. The maximum absolute atomic E-state index is 12.6. The van der Waals surface area contributed by atoms with Crippen LogP contribution in [0.15, 0.2) is 23.4 Å². The highest BCUT2D eigenvalue weighted by molar-refractivity contribution is 7.85. The van der Waals surface area contributed by atoms with Gasteiger partial charge in [-0.05, 0) is 43.9 Å².